The van der Waals surface area contributed by atoms with E-state index in [1.54, 1.807) is 24.1 Å². The summed E-state index contributed by atoms with van der Waals surface area (Å²) >= 11 is 0. The highest BCUT2D eigenvalue weighted by Gasteiger charge is 2.26. The van der Waals surface area contributed by atoms with Crippen LogP contribution in [0.15, 0.2) is 60.7 Å². The van der Waals surface area contributed by atoms with Gasteiger partial charge in [-0.25, -0.2) is 4.68 Å². The van der Waals surface area contributed by atoms with Gasteiger partial charge in [0.05, 0.1) is 25.4 Å². The molecular weight excluding hydrogens is 380 g/mol. The third-order valence-corrected chi connectivity index (χ3v) is 5.09. The molecule has 30 heavy (non-hydrogen) atoms. The first-order chi connectivity index (χ1) is 14.7. The van der Waals surface area contributed by atoms with Crippen LogP contribution in [-0.4, -0.2) is 41.9 Å². The van der Waals surface area contributed by atoms with Gasteiger partial charge in [0.2, 0.25) is 5.91 Å². The number of methoxy groups -OCH3 is 1. The average molecular weight is 404 g/mol. The first kappa shape index (κ1) is 19.8. The number of hydrogen-bond acceptors (Lipinski definition) is 4. The molecule has 0 saturated carbocycles. The van der Waals surface area contributed by atoms with Crippen LogP contribution in [0, 0.1) is 0 Å². The molecule has 0 fully saturated rings. The van der Waals surface area contributed by atoms with Crippen molar-refractivity contribution in [1.82, 2.24) is 15.1 Å². The van der Waals surface area contributed by atoms with Crippen LogP contribution in [0.25, 0.3) is 11.3 Å². The van der Waals surface area contributed by atoms with Crippen molar-refractivity contribution in [3.05, 3.63) is 71.8 Å². The van der Waals surface area contributed by atoms with E-state index in [1.807, 2.05) is 53.2 Å². The standard InChI is InChI=1S/C23H24N4O3/c1-30-14-12-24-23(29)19-9-7-17(8-10-19)16-26-21-15-20(18-5-3-2-4-6-18)25-27(21)13-11-22(26)28/h2-10,15H,11-14,16H2,1H3,(H,24,29). The number of benzene rings is 2. The van der Waals surface area contributed by atoms with Gasteiger partial charge in [-0.3, -0.25) is 14.5 Å². The quantitative estimate of drug-likeness (QED) is 0.615. The molecule has 7 nitrogen and oxygen atoms in total. The molecule has 1 N–H and O–H groups in total. The van der Waals surface area contributed by atoms with Gasteiger partial charge >= 0.3 is 0 Å². The second kappa shape index (κ2) is 8.92. The Hall–Kier alpha value is -3.45. The van der Waals surface area contributed by atoms with Gasteiger partial charge in [-0.05, 0) is 17.7 Å². The molecule has 0 atom stereocenters. The summed E-state index contributed by atoms with van der Waals surface area (Å²) in [5.41, 5.74) is 3.41. The molecule has 0 bridgehead atoms. The SMILES string of the molecule is COCCNC(=O)c1ccc(CN2C(=O)CCn3nc(-c4ccccc4)cc32)cc1. The lowest BCUT2D eigenvalue weighted by molar-refractivity contribution is -0.119. The summed E-state index contributed by atoms with van der Waals surface area (Å²) < 4.78 is 6.83. The Balaban J connectivity index is 1.50. The minimum Gasteiger partial charge on any atom is -0.383 e. The maximum atomic E-state index is 12.6. The molecule has 0 radical (unpaired) electrons. The topological polar surface area (TPSA) is 76.5 Å². The van der Waals surface area contributed by atoms with Gasteiger partial charge in [0.15, 0.2) is 0 Å². The fraction of sp³-hybridized carbons (Fsp3) is 0.261. The summed E-state index contributed by atoms with van der Waals surface area (Å²) in [6.07, 6.45) is 0.420. The van der Waals surface area contributed by atoms with Crippen LogP contribution in [0.1, 0.15) is 22.3 Å². The first-order valence-electron chi connectivity index (χ1n) is 9.95. The van der Waals surface area contributed by atoms with Gasteiger partial charge in [0, 0.05) is 37.3 Å². The monoisotopic (exact) mass is 404 g/mol. The molecule has 2 heterocycles. The smallest absolute Gasteiger partial charge is 0.251 e. The van der Waals surface area contributed by atoms with Crippen LogP contribution in [0.5, 0.6) is 0 Å². The number of carbonyl (C=O) groups excluding carboxylic acids is 2. The highest BCUT2D eigenvalue weighted by molar-refractivity contribution is 5.95. The largest absolute Gasteiger partial charge is 0.383 e. The van der Waals surface area contributed by atoms with Crippen molar-refractivity contribution in [2.24, 2.45) is 0 Å². The van der Waals surface area contributed by atoms with Crippen molar-refractivity contribution in [2.75, 3.05) is 25.2 Å². The van der Waals surface area contributed by atoms with E-state index in [0.717, 1.165) is 22.6 Å². The van der Waals surface area contributed by atoms with Crippen molar-refractivity contribution < 1.29 is 14.3 Å². The van der Waals surface area contributed by atoms with E-state index >= 15 is 0 Å². The number of carbonyl (C=O) groups is 2. The number of nitrogens with zero attached hydrogens (tertiary/aromatic N) is 3. The maximum Gasteiger partial charge on any atom is 0.251 e. The summed E-state index contributed by atoms with van der Waals surface area (Å²) in [6, 6.07) is 19.2. The Kier molecular flexibility index (Phi) is 5.90. The number of nitrogens with one attached hydrogen (secondary N) is 1. The first-order valence-corrected chi connectivity index (χ1v) is 9.95. The van der Waals surface area contributed by atoms with Gasteiger partial charge in [-0.1, -0.05) is 42.5 Å². The zero-order valence-corrected chi connectivity index (χ0v) is 16.9. The predicted octanol–water partition coefficient (Wildman–Crippen LogP) is 2.86. The molecule has 0 aliphatic carbocycles. The third kappa shape index (κ3) is 4.26. The zero-order chi connectivity index (χ0) is 20.9. The molecule has 4 rings (SSSR count). The summed E-state index contributed by atoms with van der Waals surface area (Å²) in [5, 5.41) is 7.48. The summed E-state index contributed by atoms with van der Waals surface area (Å²) in [6.45, 7) is 1.95. The Morgan fingerprint density at radius 1 is 1.13 bits per heavy atom. The van der Waals surface area contributed by atoms with E-state index in [-0.39, 0.29) is 11.8 Å². The van der Waals surface area contributed by atoms with Crippen LogP contribution < -0.4 is 10.2 Å². The Morgan fingerprint density at radius 3 is 2.63 bits per heavy atom. The summed E-state index contributed by atoms with van der Waals surface area (Å²) in [5.74, 6) is 0.730. The number of fused-ring (bicyclic) bond motifs is 1. The van der Waals surface area contributed by atoms with Gasteiger partial charge in [-0.2, -0.15) is 5.10 Å². The van der Waals surface area contributed by atoms with E-state index in [0.29, 0.717) is 38.2 Å². The third-order valence-electron chi connectivity index (χ3n) is 5.09. The van der Waals surface area contributed by atoms with E-state index in [9.17, 15) is 9.59 Å². The Morgan fingerprint density at radius 2 is 1.90 bits per heavy atom. The molecule has 0 spiro atoms. The van der Waals surface area contributed by atoms with Crippen molar-refractivity contribution >= 4 is 17.6 Å². The fourth-order valence-corrected chi connectivity index (χ4v) is 3.48. The van der Waals surface area contributed by atoms with Crippen molar-refractivity contribution in [1.29, 1.82) is 0 Å². The van der Waals surface area contributed by atoms with Crippen LogP contribution >= 0.6 is 0 Å². The number of amides is 2. The number of rotatable bonds is 7. The van der Waals surface area contributed by atoms with E-state index < -0.39 is 0 Å². The predicted molar refractivity (Wildman–Crippen MR) is 114 cm³/mol. The molecule has 0 saturated heterocycles. The molecule has 2 amide bonds. The lowest BCUT2D eigenvalue weighted by atomic mass is 10.1. The average Bonchev–Trinajstić information content (AvgIpc) is 3.22. The minimum atomic E-state index is -0.141. The molecule has 0 unspecified atom stereocenters. The van der Waals surface area contributed by atoms with Crippen molar-refractivity contribution in [3.63, 3.8) is 0 Å². The van der Waals surface area contributed by atoms with E-state index in [1.165, 1.54) is 0 Å². The van der Waals surface area contributed by atoms with Gasteiger partial charge < -0.3 is 10.1 Å². The van der Waals surface area contributed by atoms with Crippen molar-refractivity contribution in [3.8, 4) is 11.3 Å². The number of anilines is 1. The number of ether oxygens (including phenoxy) is 1. The minimum absolute atomic E-state index is 0.0726. The van der Waals surface area contributed by atoms with E-state index in [4.69, 9.17) is 4.74 Å². The molecule has 7 heteroatoms. The second-order valence-electron chi connectivity index (χ2n) is 7.15. The molecule has 1 aromatic heterocycles. The fourth-order valence-electron chi connectivity index (χ4n) is 3.48. The lowest BCUT2D eigenvalue weighted by Gasteiger charge is -2.27. The number of aryl methyl sites for hydroxylation is 1. The molecule has 154 valence electrons. The highest BCUT2D eigenvalue weighted by Crippen LogP contribution is 2.29. The second-order valence-corrected chi connectivity index (χ2v) is 7.15. The summed E-state index contributed by atoms with van der Waals surface area (Å²) in [4.78, 5) is 26.5. The normalized spacial score (nSPS) is 13.2. The van der Waals surface area contributed by atoms with Crippen molar-refractivity contribution in [2.45, 2.75) is 19.5 Å². The molecular formula is C23H24N4O3. The highest BCUT2D eigenvalue weighted by atomic mass is 16.5. The Bertz CT molecular complexity index is 1030. The van der Waals surface area contributed by atoms with Gasteiger partial charge in [-0.15, -0.1) is 0 Å². The maximum absolute atomic E-state index is 12.6. The van der Waals surface area contributed by atoms with Gasteiger partial charge in [0.1, 0.15) is 5.82 Å². The van der Waals surface area contributed by atoms with E-state index in [2.05, 4.69) is 10.4 Å². The number of aromatic nitrogens is 2. The van der Waals surface area contributed by atoms with Crippen LogP contribution in [0.4, 0.5) is 5.82 Å². The van der Waals surface area contributed by atoms with Crippen LogP contribution in [0.2, 0.25) is 0 Å². The Labute approximate surface area is 175 Å². The zero-order valence-electron chi connectivity index (χ0n) is 16.9. The summed E-state index contributed by atoms with van der Waals surface area (Å²) in [7, 11) is 1.59. The molecule has 2 aromatic carbocycles. The molecule has 1 aliphatic rings. The lowest BCUT2D eigenvalue weighted by Crippen LogP contribution is -2.36. The van der Waals surface area contributed by atoms with Gasteiger partial charge in [0.25, 0.3) is 5.91 Å². The molecule has 3 aromatic rings. The number of hydrogen-bond donors (Lipinski definition) is 1. The van der Waals surface area contributed by atoms with Crippen LogP contribution in [0.3, 0.4) is 0 Å². The molecule has 1 aliphatic heterocycles. The van der Waals surface area contributed by atoms with Crippen LogP contribution in [-0.2, 0) is 22.6 Å².